The van der Waals surface area contributed by atoms with Gasteiger partial charge in [-0.3, -0.25) is 4.79 Å². The third kappa shape index (κ3) is 28.5. The van der Waals surface area contributed by atoms with Crippen LogP contribution in [-0.2, 0) is 4.79 Å². The van der Waals surface area contributed by atoms with Gasteiger partial charge in [0.2, 0.25) is 5.91 Å². The molecule has 0 heterocycles. The molecule has 0 saturated carbocycles. The molecule has 0 rings (SSSR count). The van der Waals surface area contributed by atoms with Gasteiger partial charge in [0.1, 0.15) is 0 Å². The first-order chi connectivity index (χ1) is 19.2. The Morgan fingerprint density at radius 2 is 0.949 bits per heavy atom. The Labute approximate surface area is 244 Å². The number of carbonyl (C=O) groups excluding carboxylic acids is 1. The van der Waals surface area contributed by atoms with E-state index in [1.807, 2.05) is 6.08 Å². The summed E-state index contributed by atoms with van der Waals surface area (Å²) in [5.74, 6) is -0.0708. The fourth-order valence-corrected chi connectivity index (χ4v) is 5.28. The molecule has 39 heavy (non-hydrogen) atoms. The molecule has 0 aliphatic carbocycles. The summed E-state index contributed by atoms with van der Waals surface area (Å²) in [5.41, 5.74) is 0. The van der Waals surface area contributed by atoms with Gasteiger partial charge in [0.15, 0.2) is 0 Å². The molecule has 0 radical (unpaired) electrons. The molecule has 2 atom stereocenters. The van der Waals surface area contributed by atoms with Crippen LogP contribution in [0.2, 0.25) is 0 Å². The molecule has 0 aliphatic heterocycles. The van der Waals surface area contributed by atoms with E-state index in [0.29, 0.717) is 6.42 Å². The number of rotatable bonds is 31. The molecular weight excluding hydrogens is 482 g/mol. The molecular formula is C35H69NO3. The van der Waals surface area contributed by atoms with Crippen molar-refractivity contribution >= 4 is 5.91 Å². The Balaban J connectivity index is 3.36. The van der Waals surface area contributed by atoms with Gasteiger partial charge in [-0.1, -0.05) is 180 Å². The maximum Gasteiger partial charge on any atom is 0.220 e. The molecule has 0 fully saturated rings. The summed E-state index contributed by atoms with van der Waals surface area (Å²) in [6, 6.07) is -0.611. The molecule has 4 nitrogen and oxygen atoms in total. The third-order valence-electron chi connectivity index (χ3n) is 8.02. The monoisotopic (exact) mass is 552 g/mol. The number of allylic oxidation sites excluding steroid dienone is 1. The summed E-state index contributed by atoms with van der Waals surface area (Å²) in [4.78, 5) is 12.2. The van der Waals surface area contributed by atoms with Gasteiger partial charge in [-0.2, -0.15) is 0 Å². The van der Waals surface area contributed by atoms with Crippen LogP contribution in [0.1, 0.15) is 187 Å². The second kappa shape index (κ2) is 31.7. The van der Waals surface area contributed by atoms with Crippen LogP contribution in [0.15, 0.2) is 12.2 Å². The number of unbranched alkanes of at least 4 members (excludes halogenated alkanes) is 24. The zero-order chi connectivity index (χ0) is 28.7. The highest BCUT2D eigenvalue weighted by atomic mass is 16.3. The molecule has 0 bridgehead atoms. The molecule has 0 aromatic carbocycles. The number of hydrogen-bond donors (Lipinski definition) is 3. The lowest BCUT2D eigenvalue weighted by Gasteiger charge is -2.19. The average molecular weight is 552 g/mol. The van der Waals surface area contributed by atoms with Crippen LogP contribution in [-0.4, -0.2) is 34.9 Å². The first-order valence-electron chi connectivity index (χ1n) is 17.4. The minimum atomic E-state index is -0.829. The van der Waals surface area contributed by atoms with Gasteiger partial charge in [0.25, 0.3) is 0 Å². The van der Waals surface area contributed by atoms with Crippen LogP contribution in [0.25, 0.3) is 0 Å². The summed E-state index contributed by atoms with van der Waals surface area (Å²) in [7, 11) is 0. The van der Waals surface area contributed by atoms with Crippen LogP contribution < -0.4 is 5.32 Å². The minimum absolute atomic E-state index is 0.0708. The van der Waals surface area contributed by atoms with Crippen molar-refractivity contribution in [1.82, 2.24) is 5.32 Å². The van der Waals surface area contributed by atoms with Gasteiger partial charge in [-0.25, -0.2) is 0 Å². The van der Waals surface area contributed by atoms with Gasteiger partial charge in [-0.05, 0) is 12.8 Å². The Bertz CT molecular complexity index is 522. The van der Waals surface area contributed by atoms with E-state index in [2.05, 4.69) is 19.2 Å². The summed E-state index contributed by atoms with van der Waals surface area (Å²) < 4.78 is 0. The lowest BCUT2D eigenvalue weighted by Crippen LogP contribution is -2.45. The Kier molecular flexibility index (Phi) is 30.9. The highest BCUT2D eigenvalue weighted by molar-refractivity contribution is 5.76. The number of nitrogens with one attached hydrogen (secondary N) is 1. The summed E-state index contributed by atoms with van der Waals surface area (Å²) >= 11 is 0. The van der Waals surface area contributed by atoms with E-state index in [0.717, 1.165) is 32.1 Å². The molecule has 232 valence electrons. The smallest absolute Gasteiger partial charge is 0.220 e. The van der Waals surface area contributed by atoms with E-state index in [4.69, 9.17) is 0 Å². The first kappa shape index (κ1) is 38.1. The zero-order valence-corrected chi connectivity index (χ0v) is 26.4. The SMILES string of the molecule is CCCC/C=C/C(O)C(CO)NC(=O)CCCCCCCCCCCCCCCCCCCCCCCCC. The average Bonchev–Trinajstić information content (AvgIpc) is 2.94. The van der Waals surface area contributed by atoms with Crippen LogP contribution in [0.3, 0.4) is 0 Å². The second-order valence-corrected chi connectivity index (χ2v) is 11.9. The van der Waals surface area contributed by atoms with Crippen LogP contribution in [0.5, 0.6) is 0 Å². The molecule has 0 aliphatic rings. The molecule has 0 aromatic heterocycles. The highest BCUT2D eigenvalue weighted by Crippen LogP contribution is 2.15. The van der Waals surface area contributed by atoms with Crippen LogP contribution >= 0.6 is 0 Å². The largest absolute Gasteiger partial charge is 0.394 e. The highest BCUT2D eigenvalue weighted by Gasteiger charge is 2.17. The fourth-order valence-electron chi connectivity index (χ4n) is 5.28. The summed E-state index contributed by atoms with van der Waals surface area (Å²) in [6.45, 7) is 4.17. The van der Waals surface area contributed by atoms with Crippen molar-refractivity contribution in [2.75, 3.05) is 6.61 Å². The van der Waals surface area contributed by atoms with E-state index in [9.17, 15) is 15.0 Å². The molecule has 3 N–H and O–H groups in total. The van der Waals surface area contributed by atoms with Gasteiger partial charge < -0.3 is 15.5 Å². The predicted octanol–water partition coefficient (Wildman–Crippen LogP) is 9.95. The molecule has 2 unspecified atom stereocenters. The Morgan fingerprint density at radius 3 is 1.31 bits per heavy atom. The normalized spacial score (nSPS) is 13.2. The number of aliphatic hydroxyl groups excluding tert-OH is 2. The Morgan fingerprint density at radius 1 is 0.590 bits per heavy atom. The zero-order valence-electron chi connectivity index (χ0n) is 26.4. The maximum absolute atomic E-state index is 12.2. The van der Waals surface area contributed by atoms with Crippen molar-refractivity contribution in [2.45, 2.75) is 199 Å². The van der Waals surface area contributed by atoms with Gasteiger partial charge in [0.05, 0.1) is 18.8 Å². The molecule has 0 saturated heterocycles. The van der Waals surface area contributed by atoms with Crippen molar-refractivity contribution in [3.63, 3.8) is 0 Å². The lowest BCUT2D eigenvalue weighted by atomic mass is 10.0. The van der Waals surface area contributed by atoms with Gasteiger partial charge >= 0.3 is 0 Å². The number of carbonyl (C=O) groups is 1. The maximum atomic E-state index is 12.2. The second-order valence-electron chi connectivity index (χ2n) is 11.9. The lowest BCUT2D eigenvalue weighted by molar-refractivity contribution is -0.123. The number of amides is 1. The van der Waals surface area contributed by atoms with Crippen molar-refractivity contribution in [2.24, 2.45) is 0 Å². The first-order valence-corrected chi connectivity index (χ1v) is 17.4. The van der Waals surface area contributed by atoms with Crippen molar-refractivity contribution in [1.29, 1.82) is 0 Å². The Hall–Kier alpha value is -0.870. The van der Waals surface area contributed by atoms with Crippen molar-refractivity contribution in [3.05, 3.63) is 12.2 Å². The number of aliphatic hydroxyl groups is 2. The van der Waals surface area contributed by atoms with E-state index in [1.165, 1.54) is 135 Å². The quantitative estimate of drug-likeness (QED) is 0.0593. The van der Waals surface area contributed by atoms with E-state index >= 15 is 0 Å². The van der Waals surface area contributed by atoms with E-state index in [1.54, 1.807) is 6.08 Å². The third-order valence-corrected chi connectivity index (χ3v) is 8.02. The van der Waals surface area contributed by atoms with Crippen LogP contribution in [0, 0.1) is 0 Å². The number of hydrogen-bond acceptors (Lipinski definition) is 3. The van der Waals surface area contributed by atoms with E-state index in [-0.39, 0.29) is 12.5 Å². The van der Waals surface area contributed by atoms with Gasteiger partial charge in [0, 0.05) is 6.42 Å². The van der Waals surface area contributed by atoms with Crippen molar-refractivity contribution < 1.29 is 15.0 Å². The van der Waals surface area contributed by atoms with E-state index < -0.39 is 12.1 Å². The summed E-state index contributed by atoms with van der Waals surface area (Å²) in [6.07, 6.45) is 37.8. The topological polar surface area (TPSA) is 69.6 Å². The predicted molar refractivity (Wildman–Crippen MR) is 170 cm³/mol. The standard InChI is InChI=1S/C35H69NO3/c1-3-5-7-9-10-11-12-13-14-15-16-17-18-19-20-21-22-23-24-25-26-27-29-31-35(39)36-33(32-37)34(38)30-28-8-6-4-2/h28,30,33-34,37-38H,3-27,29,31-32H2,1-2H3,(H,36,39)/b30-28+. The minimum Gasteiger partial charge on any atom is -0.394 e. The van der Waals surface area contributed by atoms with Crippen molar-refractivity contribution in [3.8, 4) is 0 Å². The molecule has 4 heteroatoms. The van der Waals surface area contributed by atoms with Crippen LogP contribution in [0.4, 0.5) is 0 Å². The molecule has 0 spiro atoms. The fraction of sp³-hybridized carbons (Fsp3) is 0.914. The van der Waals surface area contributed by atoms with Gasteiger partial charge in [-0.15, -0.1) is 0 Å². The molecule has 1 amide bonds. The molecule has 0 aromatic rings. The summed E-state index contributed by atoms with van der Waals surface area (Å²) in [5, 5.41) is 22.4.